The van der Waals surface area contributed by atoms with Gasteiger partial charge in [0.2, 0.25) is 11.7 Å². The maximum absolute atomic E-state index is 12.4. The molecular formula is C21H34N2O4. The van der Waals surface area contributed by atoms with Gasteiger partial charge >= 0.3 is 0 Å². The number of anilines is 1. The van der Waals surface area contributed by atoms with Gasteiger partial charge in [-0.2, -0.15) is 0 Å². The van der Waals surface area contributed by atoms with Crippen molar-refractivity contribution in [1.82, 2.24) is 4.90 Å². The maximum Gasteiger partial charge on any atom is 0.225 e. The van der Waals surface area contributed by atoms with Gasteiger partial charge < -0.3 is 24.4 Å². The summed E-state index contributed by atoms with van der Waals surface area (Å²) in [5, 5.41) is 2.95. The molecule has 1 N–H and O–H groups in total. The summed E-state index contributed by atoms with van der Waals surface area (Å²) in [6, 6.07) is 3.50. The first-order valence-electron chi connectivity index (χ1n) is 9.93. The fourth-order valence-electron chi connectivity index (χ4n) is 3.78. The van der Waals surface area contributed by atoms with Gasteiger partial charge in [-0.3, -0.25) is 4.79 Å². The van der Waals surface area contributed by atoms with Crippen molar-refractivity contribution >= 4 is 11.6 Å². The predicted octanol–water partition coefficient (Wildman–Crippen LogP) is 3.94. The average molecular weight is 379 g/mol. The van der Waals surface area contributed by atoms with Crippen LogP contribution < -0.4 is 19.5 Å². The predicted molar refractivity (Wildman–Crippen MR) is 108 cm³/mol. The van der Waals surface area contributed by atoms with E-state index in [0.29, 0.717) is 29.4 Å². The zero-order chi connectivity index (χ0) is 19.6. The van der Waals surface area contributed by atoms with Gasteiger partial charge in [0.25, 0.3) is 0 Å². The second kappa shape index (κ2) is 11.0. The molecule has 6 nitrogen and oxygen atoms in total. The second-order valence-electron chi connectivity index (χ2n) is 7.14. The molecule has 0 bridgehead atoms. The minimum absolute atomic E-state index is 0.00127. The summed E-state index contributed by atoms with van der Waals surface area (Å²) in [6.07, 6.45) is 6.88. The molecule has 0 radical (unpaired) electrons. The van der Waals surface area contributed by atoms with Crippen LogP contribution in [0.25, 0.3) is 0 Å². The van der Waals surface area contributed by atoms with Crippen molar-refractivity contribution in [2.24, 2.45) is 5.92 Å². The van der Waals surface area contributed by atoms with Crippen LogP contribution >= 0.6 is 0 Å². The van der Waals surface area contributed by atoms with Crippen molar-refractivity contribution in [2.75, 3.05) is 46.3 Å². The molecule has 27 heavy (non-hydrogen) atoms. The first-order valence-corrected chi connectivity index (χ1v) is 9.93. The van der Waals surface area contributed by atoms with E-state index in [1.807, 2.05) is 0 Å². The fraction of sp³-hybridized carbons (Fsp3) is 0.667. The topological polar surface area (TPSA) is 60.0 Å². The molecule has 1 fully saturated rings. The molecule has 0 spiro atoms. The molecule has 0 saturated carbocycles. The number of ether oxygens (including phenoxy) is 3. The quantitative estimate of drug-likeness (QED) is 0.705. The Labute approximate surface area is 163 Å². The Kier molecular flexibility index (Phi) is 8.72. The van der Waals surface area contributed by atoms with E-state index in [1.54, 1.807) is 33.5 Å². The number of carbonyl (C=O) groups excluding carboxylic acids is 1. The van der Waals surface area contributed by atoms with Crippen LogP contribution in [0.2, 0.25) is 0 Å². The van der Waals surface area contributed by atoms with Gasteiger partial charge in [-0.1, -0.05) is 19.8 Å². The lowest BCUT2D eigenvalue weighted by molar-refractivity contribution is -0.116. The Morgan fingerprint density at radius 2 is 1.81 bits per heavy atom. The first-order chi connectivity index (χ1) is 13.1. The van der Waals surface area contributed by atoms with Gasteiger partial charge in [0.05, 0.1) is 21.3 Å². The van der Waals surface area contributed by atoms with Crippen molar-refractivity contribution in [3.05, 3.63) is 12.1 Å². The lowest BCUT2D eigenvalue weighted by Crippen LogP contribution is -2.29. The lowest BCUT2D eigenvalue weighted by Gasteiger charge is -2.20. The number of nitrogens with one attached hydrogen (secondary N) is 1. The van der Waals surface area contributed by atoms with Crippen LogP contribution in [0.1, 0.15) is 45.4 Å². The summed E-state index contributed by atoms with van der Waals surface area (Å²) in [4.78, 5) is 14.8. The molecule has 0 aromatic heterocycles. The molecule has 2 rings (SSSR count). The van der Waals surface area contributed by atoms with Gasteiger partial charge in [0.1, 0.15) is 0 Å². The van der Waals surface area contributed by atoms with Crippen LogP contribution in [-0.2, 0) is 4.79 Å². The highest BCUT2D eigenvalue weighted by Crippen LogP contribution is 2.39. The minimum Gasteiger partial charge on any atom is -0.493 e. The Morgan fingerprint density at radius 3 is 2.41 bits per heavy atom. The van der Waals surface area contributed by atoms with E-state index in [4.69, 9.17) is 14.2 Å². The number of hydrogen-bond donors (Lipinski definition) is 1. The largest absolute Gasteiger partial charge is 0.493 e. The Balaban J connectivity index is 1.88. The van der Waals surface area contributed by atoms with Crippen molar-refractivity contribution in [1.29, 1.82) is 0 Å². The average Bonchev–Trinajstić information content (AvgIpc) is 2.91. The summed E-state index contributed by atoms with van der Waals surface area (Å²) in [5.74, 6) is 2.43. The number of rotatable bonds is 9. The van der Waals surface area contributed by atoms with Gasteiger partial charge in [0, 0.05) is 30.8 Å². The van der Waals surface area contributed by atoms with Crippen molar-refractivity contribution in [2.45, 2.75) is 45.4 Å². The number of benzene rings is 1. The van der Waals surface area contributed by atoms with Gasteiger partial charge in [0.15, 0.2) is 11.5 Å². The molecule has 1 heterocycles. The van der Waals surface area contributed by atoms with E-state index in [1.165, 1.54) is 32.1 Å². The zero-order valence-electron chi connectivity index (χ0n) is 17.2. The molecule has 6 heteroatoms. The molecule has 1 amide bonds. The summed E-state index contributed by atoms with van der Waals surface area (Å²) < 4.78 is 16.0. The van der Waals surface area contributed by atoms with Gasteiger partial charge in [-0.25, -0.2) is 0 Å². The zero-order valence-corrected chi connectivity index (χ0v) is 17.2. The Bertz CT molecular complexity index is 581. The highest BCUT2D eigenvalue weighted by Gasteiger charge is 2.18. The summed E-state index contributed by atoms with van der Waals surface area (Å²) in [5.41, 5.74) is 0.647. The van der Waals surface area contributed by atoms with E-state index in [0.717, 1.165) is 25.6 Å². The van der Waals surface area contributed by atoms with E-state index in [9.17, 15) is 4.79 Å². The number of methoxy groups -OCH3 is 3. The van der Waals surface area contributed by atoms with Crippen LogP contribution in [0.3, 0.4) is 0 Å². The van der Waals surface area contributed by atoms with Crippen molar-refractivity contribution in [3.63, 3.8) is 0 Å². The summed E-state index contributed by atoms with van der Waals surface area (Å²) >= 11 is 0. The molecule has 0 aliphatic carbocycles. The smallest absolute Gasteiger partial charge is 0.225 e. The standard InChI is InChI=1S/C21H34N2O4/c1-5-7-16-8-6-11-23(12-9-16)13-10-20(24)22-17-14-18(25-2)21(27-4)19(15-17)26-3/h14-16H,5-13H2,1-4H3,(H,22,24). The summed E-state index contributed by atoms with van der Waals surface area (Å²) in [6.45, 7) is 5.26. The third-order valence-electron chi connectivity index (χ3n) is 5.24. The number of likely N-dealkylation sites (tertiary alicyclic amines) is 1. The number of amides is 1. The molecule has 1 saturated heterocycles. The molecule has 1 aliphatic rings. The van der Waals surface area contributed by atoms with Crippen LogP contribution in [0, 0.1) is 5.92 Å². The van der Waals surface area contributed by atoms with Crippen LogP contribution in [0.5, 0.6) is 17.2 Å². The van der Waals surface area contributed by atoms with Crippen molar-refractivity contribution < 1.29 is 19.0 Å². The molecule has 1 aliphatic heterocycles. The first kappa shape index (κ1) is 21.4. The summed E-state index contributed by atoms with van der Waals surface area (Å²) in [7, 11) is 4.69. The SMILES string of the molecule is CCCC1CCCN(CCC(=O)Nc2cc(OC)c(OC)c(OC)c2)CC1. The number of hydrogen-bond acceptors (Lipinski definition) is 5. The molecule has 152 valence electrons. The van der Waals surface area contributed by atoms with Crippen LogP contribution in [0.15, 0.2) is 12.1 Å². The highest BCUT2D eigenvalue weighted by molar-refractivity contribution is 5.91. The Morgan fingerprint density at radius 1 is 1.11 bits per heavy atom. The van der Waals surface area contributed by atoms with Crippen LogP contribution in [-0.4, -0.2) is 51.8 Å². The number of carbonyl (C=O) groups is 1. The third kappa shape index (κ3) is 6.31. The van der Waals surface area contributed by atoms with Crippen molar-refractivity contribution in [3.8, 4) is 17.2 Å². The third-order valence-corrected chi connectivity index (χ3v) is 5.24. The number of nitrogens with zero attached hydrogens (tertiary/aromatic N) is 1. The van der Waals surface area contributed by atoms with Gasteiger partial charge in [-0.05, 0) is 38.3 Å². The fourth-order valence-corrected chi connectivity index (χ4v) is 3.78. The molecular weight excluding hydrogens is 344 g/mol. The van der Waals surface area contributed by atoms with Crippen LogP contribution in [0.4, 0.5) is 5.69 Å². The second-order valence-corrected chi connectivity index (χ2v) is 7.14. The van der Waals surface area contributed by atoms with Gasteiger partial charge in [-0.15, -0.1) is 0 Å². The normalized spacial score (nSPS) is 17.9. The lowest BCUT2D eigenvalue weighted by atomic mass is 9.96. The maximum atomic E-state index is 12.4. The molecule has 1 atom stereocenters. The highest BCUT2D eigenvalue weighted by atomic mass is 16.5. The minimum atomic E-state index is -0.00127. The van der Waals surface area contributed by atoms with E-state index in [2.05, 4.69) is 17.1 Å². The molecule has 1 unspecified atom stereocenters. The molecule has 1 aromatic carbocycles. The van der Waals surface area contributed by atoms with E-state index in [-0.39, 0.29) is 5.91 Å². The molecule has 1 aromatic rings. The van der Waals surface area contributed by atoms with E-state index < -0.39 is 0 Å². The Hall–Kier alpha value is -1.95. The van der Waals surface area contributed by atoms with E-state index >= 15 is 0 Å². The monoisotopic (exact) mass is 378 g/mol.